The first-order chi connectivity index (χ1) is 11.4. The van der Waals surface area contributed by atoms with Gasteiger partial charge in [-0.1, -0.05) is 0 Å². The molecule has 24 heavy (non-hydrogen) atoms. The van der Waals surface area contributed by atoms with E-state index in [1.807, 2.05) is 17.3 Å². The third kappa shape index (κ3) is 6.17. The molecule has 0 unspecified atom stereocenters. The molecule has 6 heteroatoms. The lowest BCUT2D eigenvalue weighted by atomic mass is 9.92. The molecule has 1 aliphatic rings. The number of amides is 1. The van der Waals surface area contributed by atoms with Gasteiger partial charge in [0.25, 0.3) is 0 Å². The van der Waals surface area contributed by atoms with E-state index in [0.29, 0.717) is 5.92 Å². The highest BCUT2D eigenvalue weighted by Gasteiger charge is 2.21. The van der Waals surface area contributed by atoms with Crippen LogP contribution in [-0.2, 0) is 17.8 Å². The summed E-state index contributed by atoms with van der Waals surface area (Å²) in [4.78, 5) is 26.9. The van der Waals surface area contributed by atoms with E-state index < -0.39 is 0 Å². The molecule has 2 heterocycles. The number of likely N-dealkylation sites (N-methyl/N-ethyl adjacent to an activating group) is 2. The molecule has 0 spiro atoms. The molecule has 1 aromatic rings. The van der Waals surface area contributed by atoms with Gasteiger partial charge in [-0.15, -0.1) is 0 Å². The van der Waals surface area contributed by atoms with E-state index in [1.165, 1.54) is 0 Å². The van der Waals surface area contributed by atoms with Gasteiger partial charge in [0.2, 0.25) is 5.91 Å². The van der Waals surface area contributed by atoms with Gasteiger partial charge >= 0.3 is 0 Å². The predicted octanol–water partition coefficient (Wildman–Crippen LogP) is 1.27. The van der Waals surface area contributed by atoms with Gasteiger partial charge in [0.05, 0.1) is 17.6 Å². The van der Waals surface area contributed by atoms with Crippen LogP contribution in [0.3, 0.4) is 0 Å². The molecule has 6 nitrogen and oxygen atoms in total. The summed E-state index contributed by atoms with van der Waals surface area (Å²) >= 11 is 0. The minimum Gasteiger partial charge on any atom is -0.343 e. The van der Waals surface area contributed by atoms with Crippen LogP contribution in [0.4, 0.5) is 0 Å². The van der Waals surface area contributed by atoms with Crippen LogP contribution in [0.2, 0.25) is 0 Å². The second-order valence-electron chi connectivity index (χ2n) is 7.19. The number of carbonyl (C=O) groups is 1. The zero-order valence-electron chi connectivity index (χ0n) is 15.5. The number of piperidine rings is 1. The summed E-state index contributed by atoms with van der Waals surface area (Å²) in [6.45, 7) is 6.30. The average molecular weight is 333 g/mol. The lowest BCUT2D eigenvalue weighted by molar-refractivity contribution is -0.130. The lowest BCUT2D eigenvalue weighted by Crippen LogP contribution is -2.37. The van der Waals surface area contributed by atoms with E-state index in [0.717, 1.165) is 63.4 Å². The Morgan fingerprint density at radius 3 is 2.29 bits per heavy atom. The number of aromatic nitrogens is 2. The second-order valence-corrected chi connectivity index (χ2v) is 7.19. The van der Waals surface area contributed by atoms with Crippen molar-refractivity contribution >= 4 is 5.91 Å². The Labute approximate surface area is 145 Å². The Bertz CT molecular complexity index is 509. The van der Waals surface area contributed by atoms with E-state index in [2.05, 4.69) is 40.9 Å². The van der Waals surface area contributed by atoms with Gasteiger partial charge in [0, 0.05) is 45.8 Å². The quantitative estimate of drug-likeness (QED) is 0.752. The van der Waals surface area contributed by atoms with Crippen molar-refractivity contribution in [1.82, 2.24) is 24.7 Å². The minimum absolute atomic E-state index is 0.191. The summed E-state index contributed by atoms with van der Waals surface area (Å²) in [5, 5.41) is 0. The van der Waals surface area contributed by atoms with Crippen molar-refractivity contribution in [3.8, 4) is 0 Å². The summed E-state index contributed by atoms with van der Waals surface area (Å²) in [5.74, 6) is 0.805. The number of nitrogens with zero attached hydrogens (tertiary/aromatic N) is 5. The first-order valence-corrected chi connectivity index (χ1v) is 8.82. The van der Waals surface area contributed by atoms with Crippen LogP contribution < -0.4 is 0 Å². The van der Waals surface area contributed by atoms with Gasteiger partial charge in [-0.2, -0.15) is 0 Å². The van der Waals surface area contributed by atoms with Crippen LogP contribution in [0.25, 0.3) is 0 Å². The predicted molar refractivity (Wildman–Crippen MR) is 95.6 cm³/mol. The van der Waals surface area contributed by atoms with Crippen molar-refractivity contribution in [2.24, 2.45) is 5.92 Å². The monoisotopic (exact) mass is 333 g/mol. The Kier molecular flexibility index (Phi) is 7.12. The van der Waals surface area contributed by atoms with Gasteiger partial charge in [0.1, 0.15) is 0 Å². The zero-order chi connectivity index (χ0) is 17.5. The SMILES string of the molecule is CC(=O)N1CCC(Cc2cnc(CN(C)CCN(C)C)cn2)CC1. The Morgan fingerprint density at radius 1 is 1.12 bits per heavy atom. The van der Waals surface area contributed by atoms with E-state index in [4.69, 9.17) is 0 Å². The minimum atomic E-state index is 0.191. The number of hydrogen-bond acceptors (Lipinski definition) is 5. The summed E-state index contributed by atoms with van der Waals surface area (Å²) < 4.78 is 0. The molecule has 0 N–H and O–H groups in total. The fourth-order valence-corrected chi connectivity index (χ4v) is 3.04. The fourth-order valence-electron chi connectivity index (χ4n) is 3.04. The van der Waals surface area contributed by atoms with Crippen LogP contribution in [0.5, 0.6) is 0 Å². The molecule has 0 bridgehead atoms. The maximum absolute atomic E-state index is 11.4. The maximum Gasteiger partial charge on any atom is 0.219 e. The van der Waals surface area contributed by atoms with E-state index >= 15 is 0 Å². The zero-order valence-corrected chi connectivity index (χ0v) is 15.5. The molecule has 1 fully saturated rings. The lowest BCUT2D eigenvalue weighted by Gasteiger charge is -2.31. The fraction of sp³-hybridized carbons (Fsp3) is 0.722. The molecular formula is C18H31N5O. The highest BCUT2D eigenvalue weighted by molar-refractivity contribution is 5.73. The third-order valence-electron chi connectivity index (χ3n) is 4.68. The highest BCUT2D eigenvalue weighted by atomic mass is 16.2. The van der Waals surface area contributed by atoms with Crippen molar-refractivity contribution in [3.63, 3.8) is 0 Å². The topological polar surface area (TPSA) is 52.6 Å². The first kappa shape index (κ1) is 18.8. The molecule has 0 aliphatic carbocycles. The van der Waals surface area contributed by atoms with Crippen LogP contribution in [-0.4, -0.2) is 77.9 Å². The molecule has 0 atom stereocenters. The molecule has 1 aromatic heterocycles. The Hall–Kier alpha value is -1.53. The molecule has 134 valence electrons. The number of hydrogen-bond donors (Lipinski definition) is 0. The van der Waals surface area contributed by atoms with Crippen molar-refractivity contribution in [3.05, 3.63) is 23.8 Å². The van der Waals surface area contributed by atoms with Crippen LogP contribution in [0.1, 0.15) is 31.2 Å². The van der Waals surface area contributed by atoms with E-state index in [9.17, 15) is 4.79 Å². The highest BCUT2D eigenvalue weighted by Crippen LogP contribution is 2.20. The van der Waals surface area contributed by atoms with E-state index in [-0.39, 0.29) is 5.91 Å². The van der Waals surface area contributed by atoms with Crippen LogP contribution in [0, 0.1) is 5.92 Å². The van der Waals surface area contributed by atoms with Crippen LogP contribution in [0.15, 0.2) is 12.4 Å². The average Bonchev–Trinajstić information content (AvgIpc) is 2.55. The smallest absolute Gasteiger partial charge is 0.219 e. The molecule has 1 amide bonds. The third-order valence-corrected chi connectivity index (χ3v) is 4.68. The van der Waals surface area contributed by atoms with Crippen molar-refractivity contribution in [2.45, 2.75) is 32.7 Å². The Morgan fingerprint density at radius 2 is 1.75 bits per heavy atom. The number of carbonyl (C=O) groups excluding carboxylic acids is 1. The van der Waals surface area contributed by atoms with Crippen molar-refractivity contribution in [1.29, 1.82) is 0 Å². The number of likely N-dealkylation sites (tertiary alicyclic amines) is 1. The summed E-state index contributed by atoms with van der Waals surface area (Å²) in [7, 11) is 6.29. The summed E-state index contributed by atoms with van der Waals surface area (Å²) in [6.07, 6.45) is 6.93. The van der Waals surface area contributed by atoms with Gasteiger partial charge in [0.15, 0.2) is 0 Å². The normalized spacial score (nSPS) is 16.2. The number of rotatable bonds is 7. The molecule has 0 aromatic carbocycles. The van der Waals surface area contributed by atoms with Gasteiger partial charge < -0.3 is 9.80 Å². The standard InChI is InChI=1S/C18H31N5O/c1-15(24)23-7-5-16(6-8-23)11-17-12-20-18(13-19-17)14-22(4)10-9-21(2)3/h12-13,16H,5-11,14H2,1-4H3. The summed E-state index contributed by atoms with van der Waals surface area (Å²) in [5.41, 5.74) is 2.09. The summed E-state index contributed by atoms with van der Waals surface area (Å²) in [6, 6.07) is 0. The van der Waals surface area contributed by atoms with E-state index in [1.54, 1.807) is 6.92 Å². The van der Waals surface area contributed by atoms with Gasteiger partial charge in [-0.25, -0.2) is 0 Å². The molecule has 0 saturated carbocycles. The largest absolute Gasteiger partial charge is 0.343 e. The molecule has 1 saturated heterocycles. The molecule has 0 radical (unpaired) electrons. The second kappa shape index (κ2) is 9.08. The van der Waals surface area contributed by atoms with Crippen LogP contribution >= 0.6 is 0 Å². The molecule has 1 aliphatic heterocycles. The van der Waals surface area contributed by atoms with Gasteiger partial charge in [-0.05, 0) is 46.3 Å². The maximum atomic E-state index is 11.4. The molecule has 2 rings (SSSR count). The Balaban J connectivity index is 1.77. The molecular weight excluding hydrogens is 302 g/mol. The van der Waals surface area contributed by atoms with Crippen molar-refractivity contribution in [2.75, 3.05) is 47.3 Å². The van der Waals surface area contributed by atoms with Gasteiger partial charge in [-0.3, -0.25) is 19.7 Å². The van der Waals surface area contributed by atoms with Crippen molar-refractivity contribution < 1.29 is 4.79 Å². The first-order valence-electron chi connectivity index (χ1n) is 8.82.